The zero-order chi connectivity index (χ0) is 20.6. The molecular formula is C24H31N3O3. The molecule has 1 saturated carbocycles. The van der Waals surface area contributed by atoms with Crippen molar-refractivity contribution in [2.75, 3.05) is 26.3 Å². The molecule has 30 heavy (non-hydrogen) atoms. The molecule has 0 bridgehead atoms. The molecule has 1 aromatic heterocycles. The molecular weight excluding hydrogens is 378 g/mol. The minimum atomic E-state index is -0.0132. The fourth-order valence-corrected chi connectivity index (χ4v) is 5.56. The van der Waals surface area contributed by atoms with E-state index in [1.54, 1.807) is 0 Å². The van der Waals surface area contributed by atoms with E-state index in [0.29, 0.717) is 36.6 Å². The van der Waals surface area contributed by atoms with Gasteiger partial charge in [0.25, 0.3) is 0 Å². The molecule has 6 nitrogen and oxygen atoms in total. The van der Waals surface area contributed by atoms with Gasteiger partial charge in [0.05, 0.1) is 5.92 Å². The molecule has 1 atom stereocenters. The summed E-state index contributed by atoms with van der Waals surface area (Å²) in [5, 5.41) is 8.79. The van der Waals surface area contributed by atoms with Crippen LogP contribution in [0.25, 0.3) is 11.5 Å². The summed E-state index contributed by atoms with van der Waals surface area (Å²) in [5.74, 6) is 2.18. The smallest absolute Gasteiger partial charge is 0.247 e. The molecule has 1 amide bonds. The van der Waals surface area contributed by atoms with Gasteiger partial charge in [0.1, 0.15) is 0 Å². The second-order valence-electron chi connectivity index (χ2n) is 9.47. The van der Waals surface area contributed by atoms with Gasteiger partial charge in [-0.1, -0.05) is 30.5 Å². The Bertz CT molecular complexity index is 879. The van der Waals surface area contributed by atoms with Gasteiger partial charge in [0.15, 0.2) is 0 Å². The summed E-state index contributed by atoms with van der Waals surface area (Å²) in [5.41, 5.74) is 2.13. The average Bonchev–Trinajstić information content (AvgIpc) is 3.50. The summed E-state index contributed by atoms with van der Waals surface area (Å²) in [6.07, 6.45) is 7.51. The zero-order valence-corrected chi connectivity index (χ0v) is 17.8. The highest BCUT2D eigenvalue weighted by Crippen LogP contribution is 2.49. The molecule has 1 unspecified atom stereocenters. The second kappa shape index (κ2) is 8.14. The molecule has 1 spiro atoms. The Labute approximate surface area is 178 Å². The van der Waals surface area contributed by atoms with Gasteiger partial charge in [0, 0.05) is 43.7 Å². The van der Waals surface area contributed by atoms with Crippen molar-refractivity contribution in [3.63, 3.8) is 0 Å². The number of benzene rings is 1. The van der Waals surface area contributed by atoms with Crippen LogP contribution in [-0.2, 0) is 9.53 Å². The van der Waals surface area contributed by atoms with E-state index >= 15 is 0 Å². The summed E-state index contributed by atoms with van der Waals surface area (Å²) in [6, 6.07) is 8.14. The topological polar surface area (TPSA) is 68.5 Å². The van der Waals surface area contributed by atoms with E-state index in [9.17, 15) is 4.79 Å². The standard InChI is InChI=1S/C24H31N3O3/c1-17-6-8-19(9-7-17)22-25-26-23(30-22)20-15-27(16-24(20)10-12-29-13-11-24)21(28)14-18-4-2-3-5-18/h6-9,18,20H,2-5,10-16H2,1H3. The lowest BCUT2D eigenvalue weighted by atomic mass is 9.72. The lowest BCUT2D eigenvalue weighted by Crippen LogP contribution is -2.37. The Morgan fingerprint density at radius 3 is 2.60 bits per heavy atom. The van der Waals surface area contributed by atoms with Crippen LogP contribution in [0.5, 0.6) is 0 Å². The number of ether oxygens (including phenoxy) is 1. The highest BCUT2D eigenvalue weighted by Gasteiger charge is 2.51. The third-order valence-corrected chi connectivity index (χ3v) is 7.46. The van der Waals surface area contributed by atoms with Gasteiger partial charge in [0.2, 0.25) is 17.7 Å². The first-order valence-electron chi connectivity index (χ1n) is 11.4. The number of nitrogens with zero attached hydrogens (tertiary/aromatic N) is 3. The predicted molar refractivity (Wildman–Crippen MR) is 113 cm³/mol. The van der Waals surface area contributed by atoms with E-state index in [2.05, 4.69) is 34.2 Å². The first-order valence-corrected chi connectivity index (χ1v) is 11.4. The van der Waals surface area contributed by atoms with Crippen LogP contribution >= 0.6 is 0 Å². The Morgan fingerprint density at radius 1 is 1.13 bits per heavy atom. The second-order valence-corrected chi connectivity index (χ2v) is 9.47. The van der Waals surface area contributed by atoms with E-state index in [-0.39, 0.29) is 11.3 Å². The number of likely N-dealkylation sites (tertiary alicyclic amines) is 1. The van der Waals surface area contributed by atoms with Crippen molar-refractivity contribution in [2.45, 2.75) is 57.8 Å². The van der Waals surface area contributed by atoms with Crippen molar-refractivity contribution < 1.29 is 13.9 Å². The third kappa shape index (κ3) is 3.78. The molecule has 0 radical (unpaired) electrons. The summed E-state index contributed by atoms with van der Waals surface area (Å²) in [6.45, 7) is 5.00. The SMILES string of the molecule is Cc1ccc(-c2nnc(C3CN(C(=O)CC4CCCC4)CC34CCOCC4)o2)cc1. The van der Waals surface area contributed by atoms with E-state index in [4.69, 9.17) is 9.15 Å². The van der Waals surface area contributed by atoms with Gasteiger partial charge in [-0.15, -0.1) is 10.2 Å². The van der Waals surface area contributed by atoms with Gasteiger partial charge < -0.3 is 14.1 Å². The van der Waals surface area contributed by atoms with Crippen molar-refractivity contribution >= 4 is 5.91 Å². The fraction of sp³-hybridized carbons (Fsp3) is 0.625. The normalized spacial score (nSPS) is 24.0. The summed E-state index contributed by atoms with van der Waals surface area (Å²) < 4.78 is 11.8. The molecule has 0 N–H and O–H groups in total. The highest BCUT2D eigenvalue weighted by atomic mass is 16.5. The molecule has 3 heterocycles. The molecule has 1 aromatic carbocycles. The average molecular weight is 410 g/mol. The summed E-state index contributed by atoms with van der Waals surface area (Å²) >= 11 is 0. The number of rotatable bonds is 4. The molecule has 1 aliphatic carbocycles. The molecule has 5 rings (SSSR count). The lowest BCUT2D eigenvalue weighted by molar-refractivity contribution is -0.131. The zero-order valence-electron chi connectivity index (χ0n) is 17.8. The maximum Gasteiger partial charge on any atom is 0.247 e. The fourth-order valence-electron chi connectivity index (χ4n) is 5.56. The monoisotopic (exact) mass is 409 g/mol. The van der Waals surface area contributed by atoms with Crippen molar-refractivity contribution in [3.8, 4) is 11.5 Å². The van der Waals surface area contributed by atoms with Crippen LogP contribution in [0, 0.1) is 18.3 Å². The van der Waals surface area contributed by atoms with E-state index in [0.717, 1.165) is 38.2 Å². The van der Waals surface area contributed by atoms with Crippen molar-refractivity contribution in [3.05, 3.63) is 35.7 Å². The number of hydrogen-bond donors (Lipinski definition) is 0. The lowest BCUT2D eigenvalue weighted by Gasteiger charge is -2.36. The van der Waals surface area contributed by atoms with Gasteiger partial charge in [-0.25, -0.2) is 0 Å². The number of hydrogen-bond acceptors (Lipinski definition) is 5. The third-order valence-electron chi connectivity index (χ3n) is 7.46. The van der Waals surface area contributed by atoms with Gasteiger partial charge in [-0.2, -0.15) is 0 Å². The van der Waals surface area contributed by atoms with Gasteiger partial charge >= 0.3 is 0 Å². The number of aromatic nitrogens is 2. The number of carbonyl (C=O) groups excluding carboxylic acids is 1. The minimum absolute atomic E-state index is 0.0132. The van der Waals surface area contributed by atoms with Crippen molar-refractivity contribution in [1.29, 1.82) is 0 Å². The van der Waals surface area contributed by atoms with Gasteiger partial charge in [-0.05, 0) is 50.7 Å². The molecule has 2 aromatic rings. The van der Waals surface area contributed by atoms with Crippen LogP contribution in [0.4, 0.5) is 0 Å². The maximum absolute atomic E-state index is 13.1. The van der Waals surface area contributed by atoms with Crippen LogP contribution in [0.3, 0.4) is 0 Å². The molecule has 3 fully saturated rings. The molecule has 6 heteroatoms. The Hall–Kier alpha value is -2.21. The van der Waals surface area contributed by atoms with E-state index in [1.807, 2.05) is 12.1 Å². The largest absolute Gasteiger partial charge is 0.420 e. The number of carbonyl (C=O) groups is 1. The first-order chi connectivity index (χ1) is 14.6. The van der Waals surface area contributed by atoms with Crippen LogP contribution in [-0.4, -0.2) is 47.3 Å². The van der Waals surface area contributed by atoms with Gasteiger partial charge in [-0.3, -0.25) is 4.79 Å². The highest BCUT2D eigenvalue weighted by molar-refractivity contribution is 5.77. The van der Waals surface area contributed by atoms with Crippen molar-refractivity contribution in [1.82, 2.24) is 15.1 Å². The van der Waals surface area contributed by atoms with Crippen molar-refractivity contribution in [2.24, 2.45) is 11.3 Å². The van der Waals surface area contributed by atoms with Crippen LogP contribution in [0.2, 0.25) is 0 Å². The Kier molecular flexibility index (Phi) is 5.35. The Balaban J connectivity index is 1.38. The minimum Gasteiger partial charge on any atom is -0.420 e. The van der Waals surface area contributed by atoms with E-state index in [1.165, 1.54) is 31.2 Å². The van der Waals surface area contributed by atoms with Crippen LogP contribution in [0.1, 0.15) is 62.3 Å². The number of aryl methyl sites for hydroxylation is 1. The molecule has 3 aliphatic rings. The maximum atomic E-state index is 13.1. The quantitative estimate of drug-likeness (QED) is 0.751. The Morgan fingerprint density at radius 2 is 1.87 bits per heavy atom. The first kappa shape index (κ1) is 19.7. The summed E-state index contributed by atoms with van der Waals surface area (Å²) in [7, 11) is 0. The summed E-state index contributed by atoms with van der Waals surface area (Å²) in [4.78, 5) is 15.2. The molecule has 2 saturated heterocycles. The van der Waals surface area contributed by atoms with Crippen LogP contribution in [0.15, 0.2) is 28.7 Å². The van der Waals surface area contributed by atoms with Crippen LogP contribution < -0.4 is 0 Å². The molecule has 2 aliphatic heterocycles. The van der Waals surface area contributed by atoms with E-state index < -0.39 is 0 Å². The predicted octanol–water partition coefficient (Wildman–Crippen LogP) is 4.35. The molecule has 160 valence electrons. The number of amides is 1.